The molecule has 3 fully saturated rings. The maximum Gasteiger partial charge on any atom is 0.225 e. The van der Waals surface area contributed by atoms with E-state index < -0.39 is 0 Å². The quantitative estimate of drug-likeness (QED) is 0.579. The van der Waals surface area contributed by atoms with Gasteiger partial charge in [-0.15, -0.1) is 0 Å². The van der Waals surface area contributed by atoms with Crippen LogP contribution in [-0.4, -0.2) is 61.7 Å². The number of guanidine groups is 1. The molecular formula is C20H36N4O2. The Morgan fingerprint density at radius 1 is 1.27 bits per heavy atom. The molecule has 26 heavy (non-hydrogen) atoms. The van der Waals surface area contributed by atoms with Gasteiger partial charge < -0.3 is 20.3 Å². The minimum atomic E-state index is 0.0875. The Bertz CT molecular complexity index is 522. The highest BCUT2D eigenvalue weighted by atomic mass is 16.5. The van der Waals surface area contributed by atoms with Crippen LogP contribution in [0, 0.1) is 11.3 Å². The number of rotatable bonds is 5. The molecule has 2 atom stereocenters. The molecule has 1 amide bonds. The van der Waals surface area contributed by atoms with Crippen LogP contribution < -0.4 is 10.6 Å². The third kappa shape index (κ3) is 3.71. The SMILES string of the molecule is CCOC1CC(NC(=NC)NC2CCN(C(=O)C(C)C)CC2)C12CCC2. The van der Waals surface area contributed by atoms with Crippen molar-refractivity contribution < 1.29 is 9.53 Å². The number of amides is 1. The second-order valence-corrected chi connectivity index (χ2v) is 8.43. The number of hydrogen-bond acceptors (Lipinski definition) is 3. The van der Waals surface area contributed by atoms with Crippen molar-refractivity contribution >= 4 is 11.9 Å². The third-order valence-electron chi connectivity index (χ3n) is 6.61. The number of aliphatic imine (C=N–C) groups is 1. The van der Waals surface area contributed by atoms with Gasteiger partial charge >= 0.3 is 0 Å². The Kier molecular flexibility index (Phi) is 6.10. The summed E-state index contributed by atoms with van der Waals surface area (Å²) in [5.74, 6) is 1.27. The first-order valence-electron chi connectivity index (χ1n) is 10.4. The first kappa shape index (κ1) is 19.5. The largest absolute Gasteiger partial charge is 0.378 e. The Hall–Kier alpha value is -1.30. The Balaban J connectivity index is 1.47. The molecule has 148 valence electrons. The lowest BCUT2D eigenvalue weighted by Gasteiger charge is -2.61. The molecular weight excluding hydrogens is 328 g/mol. The second-order valence-electron chi connectivity index (χ2n) is 8.43. The highest BCUT2D eigenvalue weighted by Crippen LogP contribution is 2.57. The minimum absolute atomic E-state index is 0.0875. The van der Waals surface area contributed by atoms with Crippen molar-refractivity contribution in [3.63, 3.8) is 0 Å². The fourth-order valence-corrected chi connectivity index (χ4v) is 4.78. The van der Waals surface area contributed by atoms with Crippen LogP contribution in [0.25, 0.3) is 0 Å². The van der Waals surface area contributed by atoms with Crippen LogP contribution in [-0.2, 0) is 9.53 Å². The van der Waals surface area contributed by atoms with Gasteiger partial charge in [0.25, 0.3) is 0 Å². The van der Waals surface area contributed by atoms with Crippen LogP contribution in [0.5, 0.6) is 0 Å². The first-order valence-corrected chi connectivity index (χ1v) is 10.4. The van der Waals surface area contributed by atoms with Gasteiger partial charge in [-0.3, -0.25) is 9.79 Å². The fourth-order valence-electron chi connectivity index (χ4n) is 4.78. The number of carbonyl (C=O) groups is 1. The van der Waals surface area contributed by atoms with Gasteiger partial charge in [-0.1, -0.05) is 20.3 Å². The maximum absolute atomic E-state index is 12.1. The molecule has 0 radical (unpaired) electrons. The van der Waals surface area contributed by atoms with Crippen molar-refractivity contribution in [2.75, 3.05) is 26.7 Å². The van der Waals surface area contributed by atoms with E-state index in [4.69, 9.17) is 4.74 Å². The Morgan fingerprint density at radius 2 is 1.96 bits per heavy atom. The van der Waals surface area contributed by atoms with E-state index in [-0.39, 0.29) is 11.8 Å². The molecule has 6 heteroatoms. The summed E-state index contributed by atoms with van der Waals surface area (Å²) in [5, 5.41) is 7.25. The maximum atomic E-state index is 12.1. The average molecular weight is 365 g/mol. The molecule has 1 spiro atoms. The van der Waals surface area contributed by atoms with Gasteiger partial charge in [-0.25, -0.2) is 0 Å². The molecule has 6 nitrogen and oxygen atoms in total. The van der Waals surface area contributed by atoms with E-state index in [0.29, 0.717) is 23.6 Å². The second kappa shape index (κ2) is 8.15. The van der Waals surface area contributed by atoms with E-state index in [1.54, 1.807) is 0 Å². The Labute approximate surface area is 158 Å². The monoisotopic (exact) mass is 364 g/mol. The lowest BCUT2D eigenvalue weighted by molar-refractivity contribution is -0.168. The molecule has 0 aromatic carbocycles. The van der Waals surface area contributed by atoms with Gasteiger partial charge in [0.15, 0.2) is 5.96 Å². The topological polar surface area (TPSA) is 66.0 Å². The van der Waals surface area contributed by atoms with Gasteiger partial charge in [0.05, 0.1) is 6.10 Å². The number of hydrogen-bond donors (Lipinski definition) is 2. The highest BCUT2D eigenvalue weighted by molar-refractivity contribution is 5.81. The summed E-state index contributed by atoms with van der Waals surface area (Å²) < 4.78 is 5.95. The molecule has 3 rings (SSSR count). The predicted octanol–water partition coefficient (Wildman–Crippen LogP) is 2.15. The molecule has 2 unspecified atom stereocenters. The number of likely N-dealkylation sites (tertiary alicyclic amines) is 1. The third-order valence-corrected chi connectivity index (χ3v) is 6.61. The standard InChI is InChI=1S/C20H36N4O2/c1-5-26-17-13-16(20(17)9-6-10-20)23-19(21-4)22-15-7-11-24(12-8-15)18(25)14(2)3/h14-17H,5-13H2,1-4H3,(H2,21,22,23). The van der Waals surface area contributed by atoms with E-state index in [1.807, 2.05) is 25.8 Å². The van der Waals surface area contributed by atoms with E-state index in [9.17, 15) is 4.79 Å². The summed E-state index contributed by atoms with van der Waals surface area (Å²) in [6.45, 7) is 8.52. The van der Waals surface area contributed by atoms with Crippen LogP contribution >= 0.6 is 0 Å². The molecule has 1 saturated heterocycles. The van der Waals surface area contributed by atoms with Gasteiger partial charge in [-0.2, -0.15) is 0 Å². The molecule has 2 aliphatic carbocycles. The predicted molar refractivity (Wildman–Crippen MR) is 104 cm³/mol. The van der Waals surface area contributed by atoms with E-state index in [0.717, 1.165) is 44.9 Å². The summed E-state index contributed by atoms with van der Waals surface area (Å²) in [6, 6.07) is 0.860. The van der Waals surface area contributed by atoms with Crippen LogP contribution in [0.4, 0.5) is 0 Å². The fraction of sp³-hybridized carbons (Fsp3) is 0.900. The number of carbonyl (C=O) groups excluding carboxylic acids is 1. The van der Waals surface area contributed by atoms with Crippen molar-refractivity contribution in [1.82, 2.24) is 15.5 Å². The first-order chi connectivity index (χ1) is 12.5. The summed E-state index contributed by atoms with van der Waals surface area (Å²) in [7, 11) is 1.85. The van der Waals surface area contributed by atoms with Gasteiger partial charge in [0.1, 0.15) is 0 Å². The zero-order valence-corrected chi connectivity index (χ0v) is 16.9. The Morgan fingerprint density at radius 3 is 2.46 bits per heavy atom. The van der Waals surface area contributed by atoms with Crippen LogP contribution in [0.3, 0.4) is 0 Å². The molecule has 0 bridgehead atoms. The number of ether oxygens (including phenoxy) is 1. The van der Waals surface area contributed by atoms with Gasteiger partial charge in [0, 0.05) is 50.2 Å². The summed E-state index contributed by atoms with van der Waals surface area (Å²) >= 11 is 0. The van der Waals surface area contributed by atoms with E-state index in [1.165, 1.54) is 19.3 Å². The number of nitrogens with one attached hydrogen (secondary N) is 2. The van der Waals surface area contributed by atoms with Crippen molar-refractivity contribution in [2.45, 2.75) is 77.5 Å². The normalized spacial score (nSPS) is 28.7. The zero-order valence-electron chi connectivity index (χ0n) is 16.9. The molecule has 2 saturated carbocycles. The summed E-state index contributed by atoms with van der Waals surface area (Å²) in [6.07, 6.45) is 7.31. The zero-order chi connectivity index (χ0) is 18.7. The van der Waals surface area contributed by atoms with Crippen molar-refractivity contribution in [3.05, 3.63) is 0 Å². The van der Waals surface area contributed by atoms with Crippen LogP contribution in [0.1, 0.15) is 59.3 Å². The smallest absolute Gasteiger partial charge is 0.225 e. The van der Waals surface area contributed by atoms with Gasteiger partial charge in [0.2, 0.25) is 5.91 Å². The van der Waals surface area contributed by atoms with Crippen molar-refractivity contribution in [3.8, 4) is 0 Å². The van der Waals surface area contributed by atoms with Crippen LogP contribution in [0.2, 0.25) is 0 Å². The molecule has 2 N–H and O–H groups in total. The highest BCUT2D eigenvalue weighted by Gasteiger charge is 2.59. The lowest BCUT2D eigenvalue weighted by atomic mass is 9.51. The van der Waals surface area contributed by atoms with Crippen LogP contribution in [0.15, 0.2) is 4.99 Å². The molecule has 1 heterocycles. The minimum Gasteiger partial charge on any atom is -0.378 e. The lowest BCUT2D eigenvalue weighted by Crippen LogP contribution is -2.69. The molecule has 0 aromatic rings. The van der Waals surface area contributed by atoms with E-state index >= 15 is 0 Å². The van der Waals surface area contributed by atoms with E-state index in [2.05, 4.69) is 22.5 Å². The number of piperidine rings is 1. The van der Waals surface area contributed by atoms with Crippen molar-refractivity contribution in [2.24, 2.45) is 16.3 Å². The molecule has 3 aliphatic rings. The number of nitrogens with zero attached hydrogens (tertiary/aromatic N) is 2. The van der Waals surface area contributed by atoms with Gasteiger partial charge in [-0.05, 0) is 39.0 Å². The van der Waals surface area contributed by atoms with Crippen molar-refractivity contribution in [1.29, 1.82) is 0 Å². The summed E-state index contributed by atoms with van der Waals surface area (Å²) in [4.78, 5) is 18.6. The molecule has 0 aromatic heterocycles. The average Bonchev–Trinajstić information content (AvgIpc) is 2.58. The molecule has 1 aliphatic heterocycles. The summed E-state index contributed by atoms with van der Waals surface area (Å²) in [5.41, 5.74) is 0.334.